The summed E-state index contributed by atoms with van der Waals surface area (Å²) in [4.78, 5) is 14.2. The zero-order chi connectivity index (χ0) is 17.5. The number of ether oxygens (including phenoxy) is 1. The third kappa shape index (κ3) is 3.01. The van der Waals surface area contributed by atoms with Gasteiger partial charge >= 0.3 is 5.97 Å². The van der Waals surface area contributed by atoms with Crippen LogP contribution in [0.2, 0.25) is 0 Å². The summed E-state index contributed by atoms with van der Waals surface area (Å²) in [5.41, 5.74) is 4.98. The highest BCUT2D eigenvalue weighted by Crippen LogP contribution is 2.45. The lowest BCUT2D eigenvalue weighted by Crippen LogP contribution is -2.22. The Kier molecular flexibility index (Phi) is 4.54. The summed E-state index contributed by atoms with van der Waals surface area (Å²) in [6.07, 6.45) is 2.93. The number of methoxy groups -OCH3 is 1. The third-order valence-electron chi connectivity index (χ3n) is 4.98. The monoisotopic (exact) mass is 344 g/mol. The quantitative estimate of drug-likeness (QED) is 0.841. The summed E-state index contributed by atoms with van der Waals surface area (Å²) in [5, 5.41) is 9.89. The number of thiophene rings is 1. The highest BCUT2D eigenvalue weighted by Gasteiger charge is 2.33. The lowest BCUT2D eigenvalue weighted by Gasteiger charge is -2.29. The molecule has 3 rings (SSSR count). The zero-order valence-electron chi connectivity index (χ0n) is 14.7. The van der Waals surface area contributed by atoms with Gasteiger partial charge in [0.15, 0.2) is 0 Å². The van der Waals surface area contributed by atoms with Crippen LogP contribution in [0.3, 0.4) is 0 Å². The summed E-state index contributed by atoms with van der Waals surface area (Å²) >= 11 is 1.66. The molecule has 0 saturated carbocycles. The van der Waals surface area contributed by atoms with Crippen LogP contribution in [0.15, 0.2) is 18.2 Å². The molecule has 128 valence electrons. The topological polar surface area (TPSA) is 46.5 Å². The van der Waals surface area contributed by atoms with Crippen molar-refractivity contribution in [3.8, 4) is 10.4 Å². The van der Waals surface area contributed by atoms with Crippen LogP contribution in [0.5, 0.6) is 0 Å². The molecule has 4 heteroatoms. The van der Waals surface area contributed by atoms with E-state index >= 15 is 0 Å². The Morgan fingerprint density at radius 1 is 1.38 bits per heavy atom. The maximum Gasteiger partial charge on any atom is 0.337 e. The van der Waals surface area contributed by atoms with E-state index < -0.39 is 5.97 Å². The second-order valence-corrected chi connectivity index (χ2v) is 8.48. The Labute approximate surface area is 147 Å². The molecule has 0 spiro atoms. The fraction of sp³-hybridized carbons (Fsp3) is 0.450. The smallest absolute Gasteiger partial charge is 0.337 e. The average Bonchev–Trinajstić information content (AvgIpc) is 2.86. The third-order valence-corrected chi connectivity index (χ3v) is 6.30. The molecule has 1 aliphatic carbocycles. The molecule has 1 aromatic heterocycles. The van der Waals surface area contributed by atoms with E-state index in [4.69, 9.17) is 4.74 Å². The molecule has 24 heavy (non-hydrogen) atoms. The lowest BCUT2D eigenvalue weighted by atomic mass is 9.76. The van der Waals surface area contributed by atoms with Gasteiger partial charge in [-0.05, 0) is 53.9 Å². The summed E-state index contributed by atoms with van der Waals surface area (Å²) in [7, 11) is 1.68. The second kappa shape index (κ2) is 6.34. The van der Waals surface area contributed by atoms with Crippen molar-refractivity contribution in [2.75, 3.05) is 7.11 Å². The van der Waals surface area contributed by atoms with Crippen molar-refractivity contribution in [1.29, 1.82) is 0 Å². The van der Waals surface area contributed by atoms with Crippen LogP contribution in [0.25, 0.3) is 10.4 Å². The van der Waals surface area contributed by atoms with Gasteiger partial charge in [0.05, 0.1) is 12.2 Å². The number of carbonyl (C=O) groups is 1. The summed E-state index contributed by atoms with van der Waals surface area (Å²) in [5.74, 6) is -0.809. The fourth-order valence-electron chi connectivity index (χ4n) is 3.58. The summed E-state index contributed by atoms with van der Waals surface area (Å²) in [6.45, 7) is 7.05. The minimum Gasteiger partial charge on any atom is -0.478 e. The van der Waals surface area contributed by atoms with E-state index in [0.717, 1.165) is 46.4 Å². The first-order valence-electron chi connectivity index (χ1n) is 8.29. The maximum absolute atomic E-state index is 12.0. The molecule has 3 nitrogen and oxygen atoms in total. The molecule has 1 N–H and O–H groups in total. The van der Waals surface area contributed by atoms with Gasteiger partial charge in [-0.15, -0.1) is 11.3 Å². The van der Waals surface area contributed by atoms with Gasteiger partial charge in [-0.1, -0.05) is 32.0 Å². The Morgan fingerprint density at radius 3 is 2.79 bits per heavy atom. The van der Waals surface area contributed by atoms with Crippen molar-refractivity contribution in [2.45, 2.75) is 46.6 Å². The number of aromatic carboxylic acids is 1. The molecule has 0 unspecified atom stereocenters. The van der Waals surface area contributed by atoms with Crippen LogP contribution in [0.1, 0.15) is 52.2 Å². The molecule has 2 aromatic rings. The van der Waals surface area contributed by atoms with E-state index in [9.17, 15) is 9.90 Å². The maximum atomic E-state index is 12.0. The van der Waals surface area contributed by atoms with Gasteiger partial charge in [-0.25, -0.2) is 4.79 Å². The Bertz CT molecular complexity index is 786. The molecule has 0 atom stereocenters. The minimum absolute atomic E-state index is 0.169. The second-order valence-electron chi connectivity index (χ2n) is 7.38. The molecule has 1 aromatic carbocycles. The van der Waals surface area contributed by atoms with Gasteiger partial charge in [0.1, 0.15) is 0 Å². The van der Waals surface area contributed by atoms with Crippen LogP contribution in [0.4, 0.5) is 0 Å². The average molecular weight is 344 g/mol. The zero-order valence-corrected chi connectivity index (χ0v) is 15.5. The van der Waals surface area contributed by atoms with E-state index in [-0.39, 0.29) is 5.41 Å². The molecular weight excluding hydrogens is 320 g/mol. The Balaban J connectivity index is 2.18. The minimum atomic E-state index is -0.809. The predicted octanol–water partition coefficient (Wildman–Crippen LogP) is 5.08. The fourth-order valence-corrected chi connectivity index (χ4v) is 4.97. The van der Waals surface area contributed by atoms with Crippen molar-refractivity contribution >= 4 is 17.3 Å². The Morgan fingerprint density at radius 2 is 2.12 bits per heavy atom. The van der Waals surface area contributed by atoms with Gasteiger partial charge in [0, 0.05) is 16.9 Å². The van der Waals surface area contributed by atoms with E-state index in [1.165, 1.54) is 4.88 Å². The molecule has 0 fully saturated rings. The van der Waals surface area contributed by atoms with E-state index in [0.29, 0.717) is 12.2 Å². The van der Waals surface area contributed by atoms with Crippen molar-refractivity contribution in [2.24, 2.45) is 5.41 Å². The van der Waals surface area contributed by atoms with Crippen LogP contribution in [0, 0.1) is 12.3 Å². The van der Waals surface area contributed by atoms with E-state index in [1.54, 1.807) is 18.4 Å². The first-order valence-corrected chi connectivity index (χ1v) is 9.11. The SMILES string of the molecule is COCc1cccc(-c2sc3c(c2C(=O)O)CC(C)(C)CC3)c1C. The number of rotatable bonds is 4. The number of hydrogen-bond donors (Lipinski definition) is 1. The molecule has 0 bridgehead atoms. The molecule has 1 heterocycles. The van der Waals surface area contributed by atoms with E-state index in [1.807, 2.05) is 18.2 Å². The summed E-state index contributed by atoms with van der Waals surface area (Å²) < 4.78 is 5.27. The Hall–Kier alpha value is -1.65. The highest BCUT2D eigenvalue weighted by molar-refractivity contribution is 7.16. The number of carboxylic acid groups (broad SMARTS) is 1. The number of carboxylic acids is 1. The number of fused-ring (bicyclic) bond motifs is 1. The molecule has 0 radical (unpaired) electrons. The van der Waals surface area contributed by atoms with Gasteiger partial charge in [0.25, 0.3) is 0 Å². The molecule has 0 aliphatic heterocycles. The van der Waals surface area contributed by atoms with Gasteiger partial charge in [0.2, 0.25) is 0 Å². The van der Waals surface area contributed by atoms with Crippen LogP contribution in [-0.4, -0.2) is 18.2 Å². The van der Waals surface area contributed by atoms with E-state index in [2.05, 4.69) is 20.8 Å². The summed E-state index contributed by atoms with van der Waals surface area (Å²) in [6, 6.07) is 6.06. The predicted molar refractivity (Wildman–Crippen MR) is 98.0 cm³/mol. The van der Waals surface area contributed by atoms with Crippen molar-refractivity contribution in [3.05, 3.63) is 45.3 Å². The number of aryl methyl sites for hydroxylation is 1. The van der Waals surface area contributed by atoms with Crippen LogP contribution < -0.4 is 0 Å². The molecule has 0 saturated heterocycles. The molecule has 1 aliphatic rings. The van der Waals surface area contributed by atoms with Gasteiger partial charge in [-0.2, -0.15) is 0 Å². The van der Waals surface area contributed by atoms with Crippen LogP contribution >= 0.6 is 11.3 Å². The highest BCUT2D eigenvalue weighted by atomic mass is 32.1. The van der Waals surface area contributed by atoms with Crippen molar-refractivity contribution < 1.29 is 14.6 Å². The van der Waals surface area contributed by atoms with Gasteiger partial charge < -0.3 is 9.84 Å². The van der Waals surface area contributed by atoms with Gasteiger partial charge in [-0.3, -0.25) is 0 Å². The standard InChI is InChI=1S/C20H24O3S/c1-12-13(11-23-4)6-5-7-14(12)18-17(19(21)22)15-10-20(2,3)9-8-16(15)24-18/h5-7H,8-11H2,1-4H3,(H,21,22). The van der Waals surface area contributed by atoms with Crippen LogP contribution in [-0.2, 0) is 24.2 Å². The number of hydrogen-bond acceptors (Lipinski definition) is 3. The normalized spacial score (nSPS) is 16.0. The number of benzene rings is 1. The molecule has 0 amide bonds. The lowest BCUT2D eigenvalue weighted by molar-refractivity contribution is 0.0696. The first kappa shape index (κ1) is 17.2. The largest absolute Gasteiger partial charge is 0.478 e. The first-order chi connectivity index (χ1) is 11.3. The molecular formula is C20H24O3S. The van der Waals surface area contributed by atoms with Crippen molar-refractivity contribution in [3.63, 3.8) is 0 Å². The van der Waals surface area contributed by atoms with Crippen molar-refractivity contribution in [1.82, 2.24) is 0 Å².